The molecule has 0 radical (unpaired) electrons. The lowest BCUT2D eigenvalue weighted by atomic mass is 10.0. The van der Waals surface area contributed by atoms with Crippen molar-refractivity contribution < 1.29 is 33.4 Å². The highest BCUT2D eigenvalue weighted by molar-refractivity contribution is 6.19. The second kappa shape index (κ2) is 17.1. The van der Waals surface area contributed by atoms with Gasteiger partial charge in [0.15, 0.2) is 5.56 Å². The Morgan fingerprint density at radius 2 is 1.14 bits per heavy atom. The van der Waals surface area contributed by atoms with Gasteiger partial charge in [-0.15, -0.1) is 0 Å². The largest absolute Gasteiger partial charge is 0.509 e. The summed E-state index contributed by atoms with van der Waals surface area (Å²) < 4.78 is 9.20. The van der Waals surface area contributed by atoms with Gasteiger partial charge in [0.1, 0.15) is 29.7 Å². The lowest BCUT2D eigenvalue weighted by Gasteiger charge is -2.06. The molecule has 29 heavy (non-hydrogen) atoms. The van der Waals surface area contributed by atoms with E-state index >= 15 is 0 Å². The SMILES string of the molecule is CCCCCCC(=O)CCC(=O)CCC(=O)CCC(=O)CCOC(=O)OC(C)Cl. The zero-order valence-corrected chi connectivity index (χ0v) is 18.3. The van der Waals surface area contributed by atoms with Crippen LogP contribution in [0.3, 0.4) is 0 Å². The highest BCUT2D eigenvalue weighted by Gasteiger charge is 2.13. The summed E-state index contributed by atoms with van der Waals surface area (Å²) in [5.74, 6) is -0.399. The van der Waals surface area contributed by atoms with E-state index in [1.165, 1.54) is 6.92 Å². The molecule has 0 aliphatic rings. The Hall–Kier alpha value is -1.76. The molecule has 0 bridgehead atoms. The van der Waals surface area contributed by atoms with Crippen molar-refractivity contribution in [3.05, 3.63) is 0 Å². The highest BCUT2D eigenvalue weighted by Crippen LogP contribution is 2.09. The van der Waals surface area contributed by atoms with E-state index in [1.807, 2.05) is 0 Å². The summed E-state index contributed by atoms with van der Waals surface area (Å²) in [4.78, 5) is 58.1. The first kappa shape index (κ1) is 27.2. The van der Waals surface area contributed by atoms with Crippen LogP contribution in [0.4, 0.5) is 4.79 Å². The van der Waals surface area contributed by atoms with Crippen LogP contribution >= 0.6 is 11.6 Å². The number of hydrogen-bond acceptors (Lipinski definition) is 7. The molecule has 0 saturated carbocycles. The number of hydrogen-bond donors (Lipinski definition) is 0. The summed E-state index contributed by atoms with van der Waals surface area (Å²) in [6, 6.07) is 0. The molecule has 0 aliphatic carbocycles. The first-order valence-electron chi connectivity index (χ1n) is 10.3. The van der Waals surface area contributed by atoms with Crippen LogP contribution in [0.15, 0.2) is 0 Å². The molecule has 0 fully saturated rings. The molecule has 0 aliphatic heterocycles. The number of halogens is 1. The Bertz CT molecular complexity index is 543. The van der Waals surface area contributed by atoms with E-state index in [0.29, 0.717) is 6.42 Å². The third-order valence-corrected chi connectivity index (χ3v) is 4.31. The molecule has 0 aromatic carbocycles. The highest BCUT2D eigenvalue weighted by atomic mass is 35.5. The van der Waals surface area contributed by atoms with E-state index in [4.69, 9.17) is 11.6 Å². The number of alkyl halides is 1. The minimum absolute atomic E-state index is 0.0155. The lowest BCUT2D eigenvalue weighted by molar-refractivity contribution is -0.127. The molecular weight excluding hydrogens is 400 g/mol. The fourth-order valence-electron chi connectivity index (χ4n) is 2.50. The van der Waals surface area contributed by atoms with Crippen molar-refractivity contribution in [2.75, 3.05) is 6.61 Å². The minimum atomic E-state index is -0.950. The van der Waals surface area contributed by atoms with Gasteiger partial charge in [-0.1, -0.05) is 37.8 Å². The maximum absolute atomic E-state index is 11.8. The summed E-state index contributed by atoms with van der Waals surface area (Å²) in [6.45, 7) is 3.42. The molecule has 1 atom stereocenters. The molecule has 0 aromatic rings. The van der Waals surface area contributed by atoms with Gasteiger partial charge in [0, 0.05) is 51.4 Å². The molecular formula is C21H33ClO7. The van der Waals surface area contributed by atoms with Crippen molar-refractivity contribution in [2.24, 2.45) is 0 Å². The molecule has 0 N–H and O–H groups in total. The van der Waals surface area contributed by atoms with E-state index in [9.17, 15) is 24.0 Å². The Kier molecular flexibility index (Phi) is 16.1. The zero-order chi connectivity index (χ0) is 22.1. The van der Waals surface area contributed by atoms with Gasteiger partial charge in [0.25, 0.3) is 0 Å². The first-order chi connectivity index (χ1) is 13.7. The fourth-order valence-corrected chi connectivity index (χ4v) is 2.57. The van der Waals surface area contributed by atoms with Gasteiger partial charge in [0.05, 0.1) is 0 Å². The molecule has 0 amide bonds. The third-order valence-electron chi connectivity index (χ3n) is 4.22. The number of carbonyl (C=O) groups is 5. The average molecular weight is 433 g/mol. The van der Waals surface area contributed by atoms with Crippen molar-refractivity contribution in [1.82, 2.24) is 0 Å². The summed E-state index contributed by atoms with van der Waals surface area (Å²) >= 11 is 5.45. The Morgan fingerprint density at radius 3 is 1.59 bits per heavy atom. The summed E-state index contributed by atoms with van der Waals surface area (Å²) in [5.41, 5.74) is -0.817. The number of carbonyl (C=O) groups excluding carboxylic acids is 5. The van der Waals surface area contributed by atoms with Gasteiger partial charge in [-0.3, -0.25) is 19.2 Å². The number of ether oxygens (including phenoxy) is 2. The summed E-state index contributed by atoms with van der Waals surface area (Å²) in [5, 5.41) is 0. The predicted octanol–water partition coefficient (Wildman–Crippen LogP) is 4.70. The Balaban J connectivity index is 3.76. The predicted molar refractivity (Wildman–Crippen MR) is 109 cm³/mol. The van der Waals surface area contributed by atoms with Gasteiger partial charge >= 0.3 is 6.16 Å². The van der Waals surface area contributed by atoms with Crippen molar-refractivity contribution in [1.29, 1.82) is 0 Å². The minimum Gasteiger partial charge on any atom is -0.434 e. The fraction of sp³-hybridized carbons (Fsp3) is 0.762. The maximum Gasteiger partial charge on any atom is 0.509 e. The number of unbranched alkanes of at least 4 members (excludes halogenated alkanes) is 3. The van der Waals surface area contributed by atoms with Crippen LogP contribution in [0, 0.1) is 0 Å². The maximum atomic E-state index is 11.8. The zero-order valence-electron chi connectivity index (χ0n) is 17.5. The molecule has 0 heterocycles. The van der Waals surface area contributed by atoms with Gasteiger partial charge < -0.3 is 9.47 Å². The van der Waals surface area contributed by atoms with Crippen LogP contribution in [0.25, 0.3) is 0 Å². The van der Waals surface area contributed by atoms with E-state index in [0.717, 1.165) is 25.7 Å². The number of ketones is 4. The smallest absolute Gasteiger partial charge is 0.434 e. The van der Waals surface area contributed by atoms with E-state index < -0.39 is 11.7 Å². The van der Waals surface area contributed by atoms with Gasteiger partial charge in [-0.2, -0.15) is 0 Å². The van der Waals surface area contributed by atoms with Crippen molar-refractivity contribution in [3.63, 3.8) is 0 Å². The molecule has 1 unspecified atom stereocenters. The molecule has 7 nitrogen and oxygen atoms in total. The number of rotatable bonds is 18. The molecule has 0 saturated heterocycles. The standard InChI is InChI=1S/C21H33ClO7/c1-3-4-5-6-7-17(23)8-9-18(24)10-11-19(25)12-13-20(26)14-15-28-21(27)29-16(2)22/h16H,3-15H2,1-2H3. The van der Waals surface area contributed by atoms with Gasteiger partial charge in [0.2, 0.25) is 0 Å². The quantitative estimate of drug-likeness (QED) is 0.175. The van der Waals surface area contributed by atoms with Crippen LogP contribution in [-0.4, -0.2) is 41.5 Å². The first-order valence-corrected chi connectivity index (χ1v) is 10.7. The summed E-state index contributed by atoms with van der Waals surface area (Å²) in [6.07, 6.45) is 4.35. The van der Waals surface area contributed by atoms with Gasteiger partial charge in [-0.05, 0) is 13.3 Å². The molecule has 8 heteroatoms. The third kappa shape index (κ3) is 18.0. The van der Waals surface area contributed by atoms with Crippen LogP contribution in [0.5, 0.6) is 0 Å². The van der Waals surface area contributed by atoms with Gasteiger partial charge in [-0.25, -0.2) is 4.79 Å². The van der Waals surface area contributed by atoms with E-state index in [-0.39, 0.29) is 74.7 Å². The van der Waals surface area contributed by atoms with Crippen molar-refractivity contribution in [3.8, 4) is 0 Å². The van der Waals surface area contributed by atoms with E-state index in [1.54, 1.807) is 0 Å². The molecule has 0 aromatic heterocycles. The van der Waals surface area contributed by atoms with Crippen LogP contribution in [0.2, 0.25) is 0 Å². The van der Waals surface area contributed by atoms with Crippen LogP contribution < -0.4 is 0 Å². The normalized spacial score (nSPS) is 11.6. The van der Waals surface area contributed by atoms with Crippen molar-refractivity contribution >= 4 is 40.9 Å². The summed E-state index contributed by atoms with van der Waals surface area (Å²) in [7, 11) is 0. The molecule has 0 rings (SSSR count). The Labute approximate surface area is 177 Å². The Morgan fingerprint density at radius 1 is 0.690 bits per heavy atom. The van der Waals surface area contributed by atoms with Crippen molar-refractivity contribution in [2.45, 2.75) is 96.5 Å². The topological polar surface area (TPSA) is 104 Å². The average Bonchev–Trinajstić information content (AvgIpc) is 2.65. The lowest BCUT2D eigenvalue weighted by Crippen LogP contribution is -2.14. The second-order valence-corrected chi connectivity index (χ2v) is 7.59. The van der Waals surface area contributed by atoms with E-state index in [2.05, 4.69) is 16.4 Å². The number of Topliss-reactive ketones (excluding diaryl/α,β-unsaturated/α-hetero) is 4. The van der Waals surface area contributed by atoms with Crippen LogP contribution in [0.1, 0.15) is 90.9 Å². The second-order valence-electron chi connectivity index (χ2n) is 6.97. The molecule has 0 spiro atoms. The van der Waals surface area contributed by atoms with Crippen LogP contribution in [-0.2, 0) is 28.7 Å². The molecule has 166 valence electrons. The monoisotopic (exact) mass is 432 g/mol.